The van der Waals surface area contributed by atoms with Gasteiger partial charge in [0.1, 0.15) is 0 Å². The monoisotopic (exact) mass is 241 g/mol. The zero-order valence-electron chi connectivity index (χ0n) is 7.82. The van der Waals surface area contributed by atoms with Crippen LogP contribution in [0.25, 0.3) is 5.69 Å². The lowest BCUT2D eigenvalue weighted by Crippen LogP contribution is -1.96. The van der Waals surface area contributed by atoms with Gasteiger partial charge in [0.2, 0.25) is 0 Å². The molecule has 0 saturated heterocycles. The van der Waals surface area contributed by atoms with E-state index in [-0.39, 0.29) is 0 Å². The summed E-state index contributed by atoms with van der Waals surface area (Å²) in [6, 6.07) is 5.32. The Bertz CT molecular complexity index is 479. The fourth-order valence-electron chi connectivity index (χ4n) is 1.29. The minimum Gasteiger partial charge on any atom is -0.325 e. The highest BCUT2D eigenvalue weighted by atomic mass is 35.5. The molecule has 1 aromatic heterocycles. The summed E-state index contributed by atoms with van der Waals surface area (Å²) in [7, 11) is 0. The van der Waals surface area contributed by atoms with Crippen molar-refractivity contribution in [1.29, 1.82) is 0 Å². The lowest BCUT2D eigenvalue weighted by atomic mass is 10.3. The second-order valence-electron chi connectivity index (χ2n) is 3.07. The highest BCUT2D eigenvalue weighted by Crippen LogP contribution is 2.24. The topological polar surface area (TPSA) is 43.8 Å². The number of rotatable bonds is 2. The van der Waals surface area contributed by atoms with E-state index in [1.54, 1.807) is 18.5 Å². The van der Waals surface area contributed by atoms with Gasteiger partial charge in [-0.2, -0.15) is 0 Å². The molecule has 0 fully saturated rings. The van der Waals surface area contributed by atoms with Crippen LogP contribution in [0.4, 0.5) is 0 Å². The third-order valence-electron chi connectivity index (χ3n) is 2.03. The van der Waals surface area contributed by atoms with E-state index in [9.17, 15) is 0 Å². The van der Waals surface area contributed by atoms with Gasteiger partial charge in [-0.1, -0.05) is 23.2 Å². The number of hydrogen-bond donors (Lipinski definition) is 1. The second-order valence-corrected chi connectivity index (χ2v) is 3.92. The van der Waals surface area contributed by atoms with Crippen molar-refractivity contribution in [2.24, 2.45) is 5.73 Å². The first kappa shape index (κ1) is 10.5. The standard InChI is InChI=1S/C10H9Cl2N3/c11-7-1-2-10(9(12)3-7)15-5-8(4-13)14-6-15/h1-3,5-6H,4,13H2. The van der Waals surface area contributed by atoms with Crippen LogP contribution in [0, 0.1) is 0 Å². The van der Waals surface area contributed by atoms with E-state index >= 15 is 0 Å². The number of aromatic nitrogens is 2. The van der Waals surface area contributed by atoms with Crippen LogP contribution in [0.5, 0.6) is 0 Å². The molecular weight excluding hydrogens is 233 g/mol. The van der Waals surface area contributed by atoms with Gasteiger partial charge in [0, 0.05) is 17.8 Å². The molecular formula is C10H9Cl2N3. The Labute approximate surface area is 97.4 Å². The largest absolute Gasteiger partial charge is 0.325 e. The van der Waals surface area contributed by atoms with Gasteiger partial charge in [0.15, 0.2) is 0 Å². The van der Waals surface area contributed by atoms with E-state index in [1.807, 2.05) is 16.8 Å². The molecule has 1 aromatic carbocycles. The van der Waals surface area contributed by atoms with Gasteiger partial charge in [-0.3, -0.25) is 0 Å². The maximum Gasteiger partial charge on any atom is 0.0996 e. The molecule has 0 atom stereocenters. The lowest BCUT2D eigenvalue weighted by molar-refractivity contribution is 1.01. The molecule has 78 valence electrons. The molecule has 5 heteroatoms. The van der Waals surface area contributed by atoms with Crippen molar-refractivity contribution in [3.05, 3.63) is 46.5 Å². The average molecular weight is 242 g/mol. The highest BCUT2D eigenvalue weighted by molar-refractivity contribution is 6.35. The highest BCUT2D eigenvalue weighted by Gasteiger charge is 2.04. The van der Waals surface area contributed by atoms with Crippen molar-refractivity contribution in [2.75, 3.05) is 0 Å². The molecule has 0 spiro atoms. The predicted molar refractivity (Wildman–Crippen MR) is 61.5 cm³/mol. The molecule has 0 radical (unpaired) electrons. The number of hydrogen-bond acceptors (Lipinski definition) is 2. The van der Waals surface area contributed by atoms with E-state index in [1.165, 1.54) is 0 Å². The SMILES string of the molecule is NCc1cn(-c2ccc(Cl)cc2Cl)cn1. The molecule has 0 unspecified atom stereocenters. The molecule has 2 aromatic rings. The zero-order valence-corrected chi connectivity index (χ0v) is 9.33. The van der Waals surface area contributed by atoms with Crippen molar-refractivity contribution >= 4 is 23.2 Å². The summed E-state index contributed by atoms with van der Waals surface area (Å²) in [4.78, 5) is 4.12. The summed E-state index contributed by atoms with van der Waals surface area (Å²) in [6.45, 7) is 0.415. The molecule has 0 bridgehead atoms. The fraction of sp³-hybridized carbons (Fsp3) is 0.100. The predicted octanol–water partition coefficient (Wildman–Crippen LogP) is 2.64. The Kier molecular flexibility index (Phi) is 2.95. The lowest BCUT2D eigenvalue weighted by Gasteiger charge is -2.04. The Morgan fingerprint density at radius 3 is 2.73 bits per heavy atom. The van der Waals surface area contributed by atoms with E-state index < -0.39 is 0 Å². The maximum absolute atomic E-state index is 6.05. The van der Waals surface area contributed by atoms with E-state index in [4.69, 9.17) is 28.9 Å². The molecule has 0 aliphatic heterocycles. The average Bonchev–Trinajstić information content (AvgIpc) is 2.66. The third kappa shape index (κ3) is 2.15. The second kappa shape index (κ2) is 4.23. The molecule has 1 heterocycles. The van der Waals surface area contributed by atoms with Crippen molar-refractivity contribution < 1.29 is 0 Å². The van der Waals surface area contributed by atoms with Crippen molar-refractivity contribution in [2.45, 2.75) is 6.54 Å². The van der Waals surface area contributed by atoms with Crippen molar-refractivity contribution in [1.82, 2.24) is 9.55 Å². The first-order valence-corrected chi connectivity index (χ1v) is 5.14. The fourth-order valence-corrected chi connectivity index (χ4v) is 1.80. The van der Waals surface area contributed by atoms with Gasteiger partial charge in [0.25, 0.3) is 0 Å². The minimum atomic E-state index is 0.415. The molecule has 0 amide bonds. The summed E-state index contributed by atoms with van der Waals surface area (Å²) >= 11 is 11.9. The Hall–Kier alpha value is -1.03. The molecule has 3 nitrogen and oxygen atoms in total. The van der Waals surface area contributed by atoms with Gasteiger partial charge in [-0.05, 0) is 18.2 Å². The summed E-state index contributed by atoms with van der Waals surface area (Å²) in [6.07, 6.45) is 3.52. The van der Waals surface area contributed by atoms with Crippen LogP contribution in [0.2, 0.25) is 10.0 Å². The van der Waals surface area contributed by atoms with Gasteiger partial charge in [0.05, 0.1) is 22.7 Å². The summed E-state index contributed by atoms with van der Waals surface area (Å²) in [5, 5.41) is 1.20. The van der Waals surface area contributed by atoms with E-state index in [2.05, 4.69) is 4.98 Å². The van der Waals surface area contributed by atoms with Crippen LogP contribution in [-0.4, -0.2) is 9.55 Å². The molecule has 0 saturated carbocycles. The van der Waals surface area contributed by atoms with E-state index in [0.717, 1.165) is 11.4 Å². The number of imidazole rings is 1. The van der Waals surface area contributed by atoms with Crippen LogP contribution in [0.3, 0.4) is 0 Å². The van der Waals surface area contributed by atoms with Crippen LogP contribution in [-0.2, 0) is 6.54 Å². The number of halogens is 2. The van der Waals surface area contributed by atoms with Crippen LogP contribution >= 0.6 is 23.2 Å². The molecule has 2 rings (SSSR count). The normalized spacial score (nSPS) is 10.6. The Morgan fingerprint density at radius 2 is 2.13 bits per heavy atom. The van der Waals surface area contributed by atoms with Crippen LogP contribution < -0.4 is 5.73 Å². The van der Waals surface area contributed by atoms with Gasteiger partial charge in [-0.15, -0.1) is 0 Å². The van der Waals surface area contributed by atoms with E-state index in [0.29, 0.717) is 16.6 Å². The first-order chi connectivity index (χ1) is 7.20. The third-order valence-corrected chi connectivity index (χ3v) is 2.57. The minimum absolute atomic E-state index is 0.415. The summed E-state index contributed by atoms with van der Waals surface area (Å²) < 4.78 is 1.82. The number of nitrogens with zero attached hydrogens (tertiary/aromatic N) is 2. The Morgan fingerprint density at radius 1 is 1.33 bits per heavy atom. The molecule has 0 aliphatic rings. The number of nitrogens with two attached hydrogens (primary N) is 1. The first-order valence-electron chi connectivity index (χ1n) is 4.39. The molecule has 15 heavy (non-hydrogen) atoms. The van der Waals surface area contributed by atoms with Crippen LogP contribution in [0.1, 0.15) is 5.69 Å². The van der Waals surface area contributed by atoms with Crippen molar-refractivity contribution in [3.63, 3.8) is 0 Å². The molecule has 0 aliphatic carbocycles. The van der Waals surface area contributed by atoms with Gasteiger partial charge in [-0.25, -0.2) is 4.98 Å². The van der Waals surface area contributed by atoms with Crippen molar-refractivity contribution in [3.8, 4) is 5.69 Å². The van der Waals surface area contributed by atoms with Gasteiger partial charge < -0.3 is 10.3 Å². The molecule has 2 N–H and O–H groups in total. The zero-order chi connectivity index (χ0) is 10.8. The summed E-state index contributed by atoms with van der Waals surface area (Å²) in [5.41, 5.74) is 7.13. The van der Waals surface area contributed by atoms with Crippen LogP contribution in [0.15, 0.2) is 30.7 Å². The summed E-state index contributed by atoms with van der Waals surface area (Å²) in [5.74, 6) is 0. The smallest absolute Gasteiger partial charge is 0.0996 e. The van der Waals surface area contributed by atoms with Gasteiger partial charge >= 0.3 is 0 Å². The Balaban J connectivity index is 2.44. The quantitative estimate of drug-likeness (QED) is 0.879. The number of benzene rings is 1. The maximum atomic E-state index is 6.05.